The zero-order chi connectivity index (χ0) is 28.2. The molecule has 8 nitrogen and oxygen atoms in total. The Kier molecular flexibility index (Phi) is 11.5. The maximum Gasteiger partial charge on any atom is 0.216 e. The van der Waals surface area contributed by atoms with Crippen LogP contribution in [0.2, 0.25) is 0 Å². The molecule has 40 heavy (non-hydrogen) atoms. The van der Waals surface area contributed by atoms with Crippen LogP contribution in [0.1, 0.15) is 44.4 Å². The van der Waals surface area contributed by atoms with Crippen LogP contribution in [0.25, 0.3) is 22.4 Å². The number of benzene rings is 2. The lowest BCUT2D eigenvalue weighted by atomic mass is 10.1. The van der Waals surface area contributed by atoms with Gasteiger partial charge in [-0.2, -0.15) is 0 Å². The van der Waals surface area contributed by atoms with Crippen LogP contribution in [0.4, 0.5) is 5.82 Å². The van der Waals surface area contributed by atoms with Gasteiger partial charge in [0.1, 0.15) is 11.5 Å². The number of hydrogen-bond donors (Lipinski definition) is 4. The van der Waals surface area contributed by atoms with Gasteiger partial charge in [0.15, 0.2) is 5.82 Å². The van der Waals surface area contributed by atoms with Crippen molar-refractivity contribution >= 4 is 38.7 Å². The van der Waals surface area contributed by atoms with E-state index < -0.39 is 0 Å². The van der Waals surface area contributed by atoms with Gasteiger partial charge in [-0.05, 0) is 50.0 Å². The number of aromatic nitrogens is 3. The van der Waals surface area contributed by atoms with E-state index in [-0.39, 0.29) is 12.0 Å². The van der Waals surface area contributed by atoms with E-state index >= 15 is 0 Å². The molecule has 4 rings (SSSR count). The highest BCUT2D eigenvalue weighted by atomic mass is 79.9. The molecule has 0 saturated heterocycles. The summed E-state index contributed by atoms with van der Waals surface area (Å²) in [5.41, 5.74) is 3.98. The predicted octanol–water partition coefficient (Wildman–Crippen LogP) is 5.84. The molecule has 0 bridgehead atoms. The van der Waals surface area contributed by atoms with Crippen LogP contribution in [0.3, 0.4) is 0 Å². The summed E-state index contributed by atoms with van der Waals surface area (Å²) >= 11 is 3.63. The van der Waals surface area contributed by atoms with Crippen molar-refractivity contribution in [2.75, 3.05) is 31.5 Å². The van der Waals surface area contributed by atoms with Crippen molar-refractivity contribution in [1.82, 2.24) is 25.6 Å². The molecular formula is C31H39BrN6O2. The molecule has 0 aliphatic rings. The molecular weight excluding hydrogens is 568 g/mol. The summed E-state index contributed by atoms with van der Waals surface area (Å²) in [6, 6.07) is 20.3. The van der Waals surface area contributed by atoms with Gasteiger partial charge in [0.05, 0.1) is 18.1 Å². The molecule has 1 unspecified atom stereocenters. The lowest BCUT2D eigenvalue weighted by molar-refractivity contribution is -0.118. The molecule has 0 fully saturated rings. The van der Waals surface area contributed by atoms with Crippen LogP contribution in [0.5, 0.6) is 0 Å². The Morgan fingerprint density at radius 1 is 1.00 bits per heavy atom. The largest absolute Gasteiger partial charge is 0.372 e. The highest BCUT2D eigenvalue weighted by Crippen LogP contribution is 2.26. The van der Waals surface area contributed by atoms with E-state index in [1.807, 2.05) is 36.4 Å². The van der Waals surface area contributed by atoms with Crippen molar-refractivity contribution in [1.29, 1.82) is 0 Å². The van der Waals surface area contributed by atoms with E-state index in [0.717, 1.165) is 71.4 Å². The van der Waals surface area contributed by atoms with Crippen LogP contribution in [0, 0.1) is 0 Å². The van der Waals surface area contributed by atoms with Crippen LogP contribution < -0.4 is 16.0 Å². The monoisotopic (exact) mass is 606 g/mol. The van der Waals surface area contributed by atoms with E-state index in [2.05, 4.69) is 68.1 Å². The van der Waals surface area contributed by atoms with E-state index in [1.165, 1.54) is 12.5 Å². The van der Waals surface area contributed by atoms with E-state index in [1.54, 1.807) is 0 Å². The maximum absolute atomic E-state index is 11.3. The molecule has 0 saturated carbocycles. The third-order valence-corrected chi connectivity index (χ3v) is 7.40. The fraction of sp³-hybridized carbons (Fsp3) is 0.387. The quantitative estimate of drug-likeness (QED) is 0.119. The van der Waals surface area contributed by atoms with Crippen molar-refractivity contribution in [3.63, 3.8) is 0 Å². The normalized spacial score (nSPS) is 12.0. The van der Waals surface area contributed by atoms with Crippen molar-refractivity contribution in [3.05, 3.63) is 76.4 Å². The number of halogens is 1. The molecule has 1 atom stereocenters. The molecule has 1 amide bonds. The number of H-pyrrole nitrogens is 1. The molecule has 2 aromatic carbocycles. The first-order valence-corrected chi connectivity index (χ1v) is 14.8. The minimum atomic E-state index is -0.0539. The SMILES string of the molecule is CCCC(CCNCCc1ccccc1Br)OCc1cc2c(NCCNC(C)=O)nc(-c3ccccc3)nc2[nH]1. The van der Waals surface area contributed by atoms with E-state index in [9.17, 15) is 4.79 Å². The zero-order valence-corrected chi connectivity index (χ0v) is 24.9. The maximum atomic E-state index is 11.3. The predicted molar refractivity (Wildman–Crippen MR) is 165 cm³/mol. The van der Waals surface area contributed by atoms with Crippen LogP contribution in [0.15, 0.2) is 65.1 Å². The molecule has 2 heterocycles. The van der Waals surface area contributed by atoms with E-state index in [0.29, 0.717) is 25.5 Å². The lowest BCUT2D eigenvalue weighted by Crippen LogP contribution is -2.26. The highest BCUT2D eigenvalue weighted by Gasteiger charge is 2.14. The second kappa shape index (κ2) is 15.5. The number of fused-ring (bicyclic) bond motifs is 1. The molecule has 4 N–H and O–H groups in total. The Bertz CT molecular complexity index is 1360. The Morgan fingerprint density at radius 3 is 2.58 bits per heavy atom. The Hall–Kier alpha value is -3.27. The minimum absolute atomic E-state index is 0.0539. The van der Waals surface area contributed by atoms with Crippen molar-refractivity contribution < 1.29 is 9.53 Å². The van der Waals surface area contributed by atoms with Gasteiger partial charge in [-0.1, -0.05) is 77.8 Å². The summed E-state index contributed by atoms with van der Waals surface area (Å²) in [4.78, 5) is 24.3. The lowest BCUT2D eigenvalue weighted by Gasteiger charge is -2.17. The fourth-order valence-electron chi connectivity index (χ4n) is 4.56. The highest BCUT2D eigenvalue weighted by molar-refractivity contribution is 9.10. The second-order valence-corrected chi connectivity index (χ2v) is 10.7. The molecule has 0 spiro atoms. The number of carbonyl (C=O) groups is 1. The summed E-state index contributed by atoms with van der Waals surface area (Å²) < 4.78 is 7.53. The average molecular weight is 608 g/mol. The van der Waals surface area contributed by atoms with Crippen LogP contribution in [-0.4, -0.2) is 53.1 Å². The molecule has 0 aliphatic carbocycles. The number of nitrogens with zero attached hydrogens (tertiary/aromatic N) is 2. The van der Waals surface area contributed by atoms with Gasteiger partial charge in [0.2, 0.25) is 5.91 Å². The van der Waals surface area contributed by atoms with Gasteiger partial charge in [-0.3, -0.25) is 4.79 Å². The summed E-state index contributed by atoms with van der Waals surface area (Å²) in [6.45, 7) is 7.10. The first-order valence-electron chi connectivity index (χ1n) is 14.0. The number of ether oxygens (including phenoxy) is 1. The van der Waals surface area contributed by atoms with E-state index in [4.69, 9.17) is 14.7 Å². The third kappa shape index (κ3) is 8.87. The van der Waals surface area contributed by atoms with Crippen LogP contribution in [-0.2, 0) is 22.6 Å². The van der Waals surface area contributed by atoms with Crippen LogP contribution >= 0.6 is 15.9 Å². The first-order chi connectivity index (χ1) is 19.5. The smallest absolute Gasteiger partial charge is 0.216 e. The molecule has 212 valence electrons. The Morgan fingerprint density at radius 2 is 1.80 bits per heavy atom. The number of aromatic amines is 1. The number of rotatable bonds is 16. The number of anilines is 1. The summed E-state index contributed by atoms with van der Waals surface area (Å²) in [5, 5.41) is 10.7. The topological polar surface area (TPSA) is 104 Å². The van der Waals surface area contributed by atoms with Gasteiger partial charge >= 0.3 is 0 Å². The zero-order valence-electron chi connectivity index (χ0n) is 23.3. The van der Waals surface area contributed by atoms with Crippen molar-refractivity contribution in [3.8, 4) is 11.4 Å². The third-order valence-electron chi connectivity index (χ3n) is 6.62. The second-order valence-electron chi connectivity index (χ2n) is 9.83. The number of hydrogen-bond acceptors (Lipinski definition) is 6. The number of amides is 1. The standard InChI is InChI=1S/C31H39BrN6O2/c1-3-9-26(15-17-33-16-14-23-10-7-8-13-28(23)32)40-21-25-20-27-30(35-19-18-34-22(2)39)37-29(38-31(27)36-25)24-11-5-4-6-12-24/h4-8,10-13,20,26,33H,3,9,14-19,21H2,1-2H3,(H,34,39)(H2,35,36,37,38). The molecule has 9 heteroatoms. The molecule has 0 aliphatic heterocycles. The van der Waals surface area contributed by atoms with Gasteiger partial charge in [-0.15, -0.1) is 0 Å². The minimum Gasteiger partial charge on any atom is -0.372 e. The van der Waals surface area contributed by atoms with Crippen molar-refractivity contribution in [2.45, 2.75) is 52.2 Å². The van der Waals surface area contributed by atoms with Gasteiger partial charge in [0, 0.05) is 35.7 Å². The van der Waals surface area contributed by atoms with Crippen molar-refractivity contribution in [2.24, 2.45) is 0 Å². The van der Waals surface area contributed by atoms with Gasteiger partial charge in [0.25, 0.3) is 0 Å². The summed E-state index contributed by atoms with van der Waals surface area (Å²) in [7, 11) is 0. The summed E-state index contributed by atoms with van der Waals surface area (Å²) in [5.74, 6) is 1.32. The average Bonchev–Trinajstić information content (AvgIpc) is 3.38. The molecule has 2 aromatic heterocycles. The molecule has 4 aromatic rings. The fourth-order valence-corrected chi connectivity index (χ4v) is 5.05. The Labute approximate surface area is 244 Å². The number of carbonyl (C=O) groups excluding carboxylic acids is 1. The number of nitrogens with one attached hydrogen (secondary N) is 4. The van der Waals surface area contributed by atoms with Gasteiger partial charge < -0.3 is 25.7 Å². The van der Waals surface area contributed by atoms with Gasteiger partial charge in [-0.25, -0.2) is 9.97 Å². The summed E-state index contributed by atoms with van der Waals surface area (Å²) in [6.07, 6.45) is 4.21. The molecule has 0 radical (unpaired) electrons. The Balaban J connectivity index is 1.37. The first kappa shape index (κ1) is 29.7.